The molecular formula is C12H16N2O4S. The minimum Gasteiger partial charge on any atom is -0.480 e. The molecule has 0 saturated carbocycles. The summed E-state index contributed by atoms with van der Waals surface area (Å²) < 4.78 is 26.2. The van der Waals surface area contributed by atoms with Crippen molar-refractivity contribution in [1.29, 1.82) is 0 Å². The Hall–Kier alpha value is -1.60. The topological polar surface area (TPSA) is 95.5 Å². The number of hydrogen-bond donors (Lipinski definition) is 3. The molecule has 19 heavy (non-hydrogen) atoms. The van der Waals surface area contributed by atoms with Crippen LogP contribution >= 0.6 is 0 Å². The second kappa shape index (κ2) is 5.18. The molecule has 0 fully saturated rings. The summed E-state index contributed by atoms with van der Waals surface area (Å²) in [6.45, 7) is 2.59. The Kier molecular flexibility index (Phi) is 3.77. The van der Waals surface area contributed by atoms with Crippen LogP contribution in [0.25, 0.3) is 0 Å². The first-order valence-corrected chi connectivity index (χ1v) is 7.52. The lowest BCUT2D eigenvalue weighted by Crippen LogP contribution is -2.33. The Morgan fingerprint density at radius 3 is 2.89 bits per heavy atom. The summed E-state index contributed by atoms with van der Waals surface area (Å²) in [7, 11) is -3.92. The quantitative estimate of drug-likeness (QED) is 0.750. The Balaban J connectivity index is 2.32. The van der Waals surface area contributed by atoms with Gasteiger partial charge in [0.15, 0.2) is 5.25 Å². The van der Waals surface area contributed by atoms with Crippen LogP contribution in [0.15, 0.2) is 18.2 Å². The molecule has 7 heteroatoms. The highest BCUT2D eigenvalue weighted by molar-refractivity contribution is 7.94. The molecule has 1 heterocycles. The molecule has 1 unspecified atom stereocenters. The van der Waals surface area contributed by atoms with E-state index in [-0.39, 0.29) is 0 Å². The molecule has 0 amide bonds. The minimum absolute atomic E-state index is 0.456. The van der Waals surface area contributed by atoms with E-state index >= 15 is 0 Å². The van der Waals surface area contributed by atoms with E-state index in [0.29, 0.717) is 12.2 Å². The van der Waals surface area contributed by atoms with Gasteiger partial charge in [-0.1, -0.05) is 12.1 Å². The highest BCUT2D eigenvalue weighted by atomic mass is 32.2. The zero-order valence-electron chi connectivity index (χ0n) is 10.5. The lowest BCUT2D eigenvalue weighted by atomic mass is 10.00. The molecule has 6 nitrogen and oxygen atoms in total. The maximum absolute atomic E-state index is 11.9. The molecule has 2 rings (SSSR count). The summed E-state index contributed by atoms with van der Waals surface area (Å²) in [4.78, 5) is 10.8. The summed E-state index contributed by atoms with van der Waals surface area (Å²) >= 11 is 0. The van der Waals surface area contributed by atoms with Crippen molar-refractivity contribution in [3.8, 4) is 0 Å². The molecule has 1 aromatic carbocycles. The number of aliphatic carboxylic acids is 1. The van der Waals surface area contributed by atoms with E-state index < -0.39 is 21.2 Å². The molecule has 1 aliphatic rings. The van der Waals surface area contributed by atoms with Crippen LogP contribution in [0.4, 0.5) is 5.69 Å². The summed E-state index contributed by atoms with van der Waals surface area (Å²) in [6.07, 6.45) is 0.833. The predicted octanol–water partition coefficient (Wildman–Crippen LogP) is 0.547. The molecule has 3 N–H and O–H groups in total. The van der Waals surface area contributed by atoms with E-state index in [1.54, 1.807) is 12.1 Å². The fourth-order valence-corrected chi connectivity index (χ4v) is 2.92. The number of sulfonamides is 1. The van der Waals surface area contributed by atoms with Crippen LogP contribution in [0.3, 0.4) is 0 Å². The van der Waals surface area contributed by atoms with Gasteiger partial charge in [0, 0.05) is 6.54 Å². The number of carboxylic acids is 1. The molecule has 1 aliphatic heterocycles. The number of carboxylic acid groups (broad SMARTS) is 1. The van der Waals surface area contributed by atoms with Crippen LogP contribution in [0, 0.1) is 0 Å². The lowest BCUT2D eigenvalue weighted by Gasteiger charge is -2.21. The van der Waals surface area contributed by atoms with Crippen molar-refractivity contribution >= 4 is 21.7 Å². The van der Waals surface area contributed by atoms with E-state index in [9.17, 15) is 13.2 Å². The van der Waals surface area contributed by atoms with Crippen molar-refractivity contribution in [2.24, 2.45) is 0 Å². The summed E-state index contributed by atoms with van der Waals surface area (Å²) in [6, 6.07) is 5.37. The first kappa shape index (κ1) is 13.8. The Bertz CT molecular complexity index is 598. The van der Waals surface area contributed by atoms with Crippen LogP contribution in [0.2, 0.25) is 0 Å². The SMILES string of the molecule is CC(C(=O)O)S(=O)(=O)Nc1cccc2c1CNCC2. The van der Waals surface area contributed by atoms with Crippen LogP contribution < -0.4 is 10.0 Å². The highest BCUT2D eigenvalue weighted by Crippen LogP contribution is 2.24. The maximum atomic E-state index is 11.9. The Morgan fingerprint density at radius 2 is 2.21 bits per heavy atom. The molecule has 1 aromatic rings. The summed E-state index contributed by atoms with van der Waals surface area (Å²) in [5.74, 6) is -1.37. The number of anilines is 1. The number of nitrogens with one attached hydrogen (secondary N) is 2. The minimum atomic E-state index is -3.92. The predicted molar refractivity (Wildman–Crippen MR) is 71.5 cm³/mol. The average molecular weight is 284 g/mol. The number of carbonyl (C=O) groups is 1. The van der Waals surface area contributed by atoms with Gasteiger partial charge in [-0.25, -0.2) is 8.42 Å². The maximum Gasteiger partial charge on any atom is 0.323 e. The van der Waals surface area contributed by atoms with Crippen molar-refractivity contribution in [3.63, 3.8) is 0 Å². The van der Waals surface area contributed by atoms with Gasteiger partial charge in [0.05, 0.1) is 5.69 Å². The van der Waals surface area contributed by atoms with E-state index in [0.717, 1.165) is 31.0 Å². The number of rotatable bonds is 4. The monoisotopic (exact) mass is 284 g/mol. The third-order valence-corrected chi connectivity index (χ3v) is 4.85. The lowest BCUT2D eigenvalue weighted by molar-refractivity contribution is -0.136. The van der Waals surface area contributed by atoms with Crippen LogP contribution in [0.1, 0.15) is 18.1 Å². The van der Waals surface area contributed by atoms with Gasteiger partial charge in [-0.3, -0.25) is 9.52 Å². The van der Waals surface area contributed by atoms with Gasteiger partial charge < -0.3 is 10.4 Å². The van der Waals surface area contributed by atoms with Crippen molar-refractivity contribution in [2.75, 3.05) is 11.3 Å². The molecule has 0 spiro atoms. The van der Waals surface area contributed by atoms with E-state index in [1.165, 1.54) is 0 Å². The van der Waals surface area contributed by atoms with E-state index in [4.69, 9.17) is 5.11 Å². The average Bonchev–Trinajstić information content (AvgIpc) is 2.38. The highest BCUT2D eigenvalue weighted by Gasteiger charge is 2.28. The third kappa shape index (κ3) is 2.87. The molecule has 0 aliphatic carbocycles. The largest absolute Gasteiger partial charge is 0.480 e. The molecule has 0 saturated heterocycles. The number of fused-ring (bicyclic) bond motifs is 1. The third-order valence-electron chi connectivity index (χ3n) is 3.21. The molecule has 1 atom stereocenters. The second-order valence-corrected chi connectivity index (χ2v) is 6.50. The van der Waals surface area contributed by atoms with E-state index in [2.05, 4.69) is 10.0 Å². The Labute approximate surface area is 111 Å². The standard InChI is InChI=1S/C12H16N2O4S/c1-8(12(15)16)19(17,18)14-11-4-2-3-9-5-6-13-7-10(9)11/h2-4,8,13-14H,5-7H2,1H3,(H,15,16). The van der Waals surface area contributed by atoms with Crippen molar-refractivity contribution < 1.29 is 18.3 Å². The smallest absolute Gasteiger partial charge is 0.323 e. The van der Waals surface area contributed by atoms with Crippen molar-refractivity contribution in [1.82, 2.24) is 5.32 Å². The van der Waals surface area contributed by atoms with Gasteiger partial charge in [-0.15, -0.1) is 0 Å². The molecule has 0 radical (unpaired) electrons. The fourth-order valence-electron chi connectivity index (χ4n) is 1.98. The van der Waals surface area contributed by atoms with Gasteiger partial charge in [-0.2, -0.15) is 0 Å². The normalized spacial score (nSPS) is 16.5. The van der Waals surface area contributed by atoms with Gasteiger partial charge in [-0.05, 0) is 37.1 Å². The zero-order chi connectivity index (χ0) is 14.0. The molecule has 104 valence electrons. The van der Waals surface area contributed by atoms with Crippen LogP contribution in [-0.4, -0.2) is 31.3 Å². The molecule has 0 aromatic heterocycles. The van der Waals surface area contributed by atoms with Crippen molar-refractivity contribution in [2.45, 2.75) is 25.1 Å². The van der Waals surface area contributed by atoms with Gasteiger partial charge in [0.2, 0.25) is 10.0 Å². The first-order valence-electron chi connectivity index (χ1n) is 5.98. The molecular weight excluding hydrogens is 268 g/mol. The first-order chi connectivity index (χ1) is 8.92. The summed E-state index contributed by atoms with van der Waals surface area (Å²) in [5.41, 5.74) is 2.43. The number of benzene rings is 1. The molecule has 0 bridgehead atoms. The van der Waals surface area contributed by atoms with Crippen LogP contribution in [0.5, 0.6) is 0 Å². The Morgan fingerprint density at radius 1 is 1.47 bits per heavy atom. The zero-order valence-corrected chi connectivity index (χ0v) is 11.3. The second-order valence-electron chi connectivity index (χ2n) is 4.50. The number of hydrogen-bond acceptors (Lipinski definition) is 4. The van der Waals surface area contributed by atoms with E-state index in [1.807, 2.05) is 6.07 Å². The van der Waals surface area contributed by atoms with Gasteiger partial charge in [0.1, 0.15) is 0 Å². The van der Waals surface area contributed by atoms with Crippen molar-refractivity contribution in [3.05, 3.63) is 29.3 Å². The van der Waals surface area contributed by atoms with Crippen LogP contribution in [-0.2, 0) is 27.8 Å². The fraction of sp³-hybridized carbons (Fsp3) is 0.417. The van der Waals surface area contributed by atoms with Gasteiger partial charge >= 0.3 is 5.97 Å². The van der Waals surface area contributed by atoms with Gasteiger partial charge in [0.25, 0.3) is 0 Å². The summed E-state index contributed by atoms with van der Waals surface area (Å²) in [5, 5.41) is 10.5.